The summed E-state index contributed by atoms with van der Waals surface area (Å²) in [5, 5.41) is 0. The van der Waals surface area contributed by atoms with Crippen molar-refractivity contribution < 1.29 is 14.3 Å². The molecule has 0 aliphatic carbocycles. The summed E-state index contributed by atoms with van der Waals surface area (Å²) < 4.78 is 9.97. The van der Waals surface area contributed by atoms with Gasteiger partial charge in [-0.25, -0.2) is 0 Å². The van der Waals surface area contributed by atoms with Gasteiger partial charge in [-0.2, -0.15) is 0 Å². The van der Waals surface area contributed by atoms with Crippen molar-refractivity contribution in [2.75, 3.05) is 14.2 Å². The molecule has 0 aromatic heterocycles. The van der Waals surface area contributed by atoms with Crippen LogP contribution in [0.25, 0.3) is 0 Å². The lowest BCUT2D eigenvalue weighted by Crippen LogP contribution is -1.87. The Hall–Kier alpha value is -1.35. The van der Waals surface area contributed by atoms with E-state index in [1.165, 1.54) is 6.92 Å². The molecule has 14 heavy (non-hydrogen) atoms. The van der Waals surface area contributed by atoms with Crippen LogP contribution in [0, 0.1) is 0 Å². The molecule has 0 radical (unpaired) electrons. The van der Waals surface area contributed by atoms with E-state index in [0.717, 1.165) is 17.6 Å². The zero-order valence-electron chi connectivity index (χ0n) is 8.82. The molecule has 78 valence electrons. The number of ether oxygens (including phenoxy) is 2. The molecule has 1 aromatic carbocycles. The van der Waals surface area contributed by atoms with Crippen molar-refractivity contribution in [3.05, 3.63) is 29.8 Å². The fourth-order valence-corrected chi connectivity index (χ4v) is 0.888. The average molecular weight is 196 g/mol. The maximum absolute atomic E-state index is 8.81. The number of aldehydes is 1. The van der Waals surface area contributed by atoms with Crippen molar-refractivity contribution in [1.82, 2.24) is 0 Å². The van der Waals surface area contributed by atoms with Crippen molar-refractivity contribution in [2.24, 2.45) is 0 Å². The molecule has 0 spiro atoms. The van der Waals surface area contributed by atoms with Gasteiger partial charge in [0.05, 0.1) is 13.7 Å². The minimum atomic E-state index is 0.657. The first kappa shape index (κ1) is 12.7. The summed E-state index contributed by atoms with van der Waals surface area (Å²) in [7, 11) is 3.34. The van der Waals surface area contributed by atoms with Crippen LogP contribution in [0.2, 0.25) is 0 Å². The highest BCUT2D eigenvalue weighted by Gasteiger charge is 1.91. The molecule has 3 nitrogen and oxygen atoms in total. The van der Waals surface area contributed by atoms with Crippen LogP contribution in [0.3, 0.4) is 0 Å². The van der Waals surface area contributed by atoms with Gasteiger partial charge < -0.3 is 14.3 Å². The van der Waals surface area contributed by atoms with Gasteiger partial charge in [0.15, 0.2) is 0 Å². The van der Waals surface area contributed by atoms with Crippen LogP contribution in [0.1, 0.15) is 12.5 Å². The lowest BCUT2D eigenvalue weighted by Gasteiger charge is -2.01. The van der Waals surface area contributed by atoms with E-state index in [-0.39, 0.29) is 0 Å². The Morgan fingerprint density at radius 1 is 1.21 bits per heavy atom. The number of rotatable bonds is 3. The van der Waals surface area contributed by atoms with E-state index in [1.54, 1.807) is 14.2 Å². The topological polar surface area (TPSA) is 35.5 Å². The molecule has 1 rings (SSSR count). The third-order valence-corrected chi connectivity index (χ3v) is 1.47. The van der Waals surface area contributed by atoms with Crippen molar-refractivity contribution in [2.45, 2.75) is 13.5 Å². The minimum absolute atomic E-state index is 0.657. The van der Waals surface area contributed by atoms with Crippen LogP contribution >= 0.6 is 0 Å². The zero-order valence-corrected chi connectivity index (χ0v) is 8.82. The minimum Gasteiger partial charge on any atom is -0.497 e. The van der Waals surface area contributed by atoms with Crippen LogP contribution in [0.15, 0.2) is 24.3 Å². The largest absolute Gasteiger partial charge is 0.497 e. The molecule has 0 aliphatic heterocycles. The van der Waals surface area contributed by atoms with Gasteiger partial charge in [0.25, 0.3) is 0 Å². The first-order chi connectivity index (χ1) is 6.78. The maximum atomic E-state index is 8.81. The van der Waals surface area contributed by atoms with E-state index in [2.05, 4.69) is 0 Å². The quantitative estimate of drug-likeness (QED) is 0.694. The molecule has 0 bridgehead atoms. The SMILES string of the molecule is CC=O.COCc1ccc(OC)cc1. The van der Waals surface area contributed by atoms with Crippen LogP contribution < -0.4 is 4.74 Å². The average Bonchev–Trinajstić information content (AvgIpc) is 2.21. The highest BCUT2D eigenvalue weighted by Crippen LogP contribution is 2.11. The summed E-state index contributed by atoms with van der Waals surface area (Å²) in [4.78, 5) is 8.81. The second-order valence-electron chi connectivity index (χ2n) is 2.52. The van der Waals surface area contributed by atoms with Gasteiger partial charge in [-0.05, 0) is 24.6 Å². The Labute approximate surface area is 84.7 Å². The lowest BCUT2D eigenvalue weighted by molar-refractivity contribution is -0.106. The number of hydrogen-bond donors (Lipinski definition) is 0. The molecular formula is C11H16O3. The van der Waals surface area contributed by atoms with Crippen LogP contribution in [-0.2, 0) is 16.1 Å². The zero-order chi connectivity index (χ0) is 10.8. The van der Waals surface area contributed by atoms with Gasteiger partial charge in [-0.1, -0.05) is 12.1 Å². The van der Waals surface area contributed by atoms with Gasteiger partial charge in [-0.15, -0.1) is 0 Å². The van der Waals surface area contributed by atoms with Crippen molar-refractivity contribution in [1.29, 1.82) is 0 Å². The summed E-state index contributed by atoms with van der Waals surface area (Å²) in [5.41, 5.74) is 1.16. The molecule has 3 heteroatoms. The molecule has 1 aromatic rings. The molecule has 0 saturated carbocycles. The molecule has 0 aliphatic rings. The van der Waals surface area contributed by atoms with E-state index >= 15 is 0 Å². The fraction of sp³-hybridized carbons (Fsp3) is 0.364. The summed E-state index contributed by atoms with van der Waals surface area (Å²) in [6.07, 6.45) is 0.750. The van der Waals surface area contributed by atoms with Gasteiger partial charge in [0, 0.05) is 7.11 Å². The first-order valence-corrected chi connectivity index (χ1v) is 4.30. The summed E-state index contributed by atoms with van der Waals surface area (Å²) in [6, 6.07) is 7.83. The van der Waals surface area contributed by atoms with E-state index in [0.29, 0.717) is 6.61 Å². The molecule has 0 fully saturated rings. The molecule has 0 N–H and O–H groups in total. The molecular weight excluding hydrogens is 180 g/mol. The molecule has 0 saturated heterocycles. The third kappa shape index (κ3) is 5.32. The molecule has 0 amide bonds. The van der Waals surface area contributed by atoms with Gasteiger partial charge in [-0.3, -0.25) is 0 Å². The first-order valence-electron chi connectivity index (χ1n) is 4.30. The summed E-state index contributed by atoms with van der Waals surface area (Å²) >= 11 is 0. The normalized spacial score (nSPS) is 8.50. The smallest absolute Gasteiger partial charge is 0.118 e. The Balaban J connectivity index is 0.000000500. The van der Waals surface area contributed by atoms with E-state index < -0.39 is 0 Å². The van der Waals surface area contributed by atoms with Crippen molar-refractivity contribution >= 4 is 6.29 Å². The number of benzene rings is 1. The van der Waals surface area contributed by atoms with Crippen LogP contribution in [-0.4, -0.2) is 20.5 Å². The van der Waals surface area contributed by atoms with Crippen LogP contribution in [0.4, 0.5) is 0 Å². The standard InChI is InChI=1S/C9H12O2.C2H4O/c1-10-7-8-3-5-9(11-2)6-4-8;1-2-3/h3-6H,7H2,1-2H3;2H,1H3. The van der Waals surface area contributed by atoms with Gasteiger partial charge in [0.1, 0.15) is 12.0 Å². The van der Waals surface area contributed by atoms with Crippen molar-refractivity contribution in [3.63, 3.8) is 0 Å². The van der Waals surface area contributed by atoms with E-state index in [9.17, 15) is 0 Å². The number of hydrogen-bond acceptors (Lipinski definition) is 3. The highest BCUT2D eigenvalue weighted by molar-refractivity contribution is 5.44. The Kier molecular flexibility index (Phi) is 7.46. The molecule has 0 atom stereocenters. The fourth-order valence-electron chi connectivity index (χ4n) is 0.888. The monoisotopic (exact) mass is 196 g/mol. The maximum Gasteiger partial charge on any atom is 0.118 e. The Bertz CT molecular complexity index is 241. The van der Waals surface area contributed by atoms with Crippen LogP contribution in [0.5, 0.6) is 5.75 Å². The van der Waals surface area contributed by atoms with Gasteiger partial charge in [0.2, 0.25) is 0 Å². The third-order valence-electron chi connectivity index (χ3n) is 1.47. The number of carbonyl (C=O) groups is 1. The lowest BCUT2D eigenvalue weighted by atomic mass is 10.2. The molecule has 0 unspecified atom stereocenters. The van der Waals surface area contributed by atoms with E-state index in [4.69, 9.17) is 14.3 Å². The highest BCUT2D eigenvalue weighted by atomic mass is 16.5. The summed E-state index contributed by atoms with van der Waals surface area (Å²) in [6.45, 7) is 2.10. The second-order valence-corrected chi connectivity index (χ2v) is 2.52. The number of methoxy groups -OCH3 is 2. The molecule has 0 heterocycles. The predicted molar refractivity (Wildman–Crippen MR) is 55.4 cm³/mol. The summed E-state index contributed by atoms with van der Waals surface area (Å²) in [5.74, 6) is 0.879. The van der Waals surface area contributed by atoms with Gasteiger partial charge >= 0.3 is 0 Å². The Morgan fingerprint density at radius 2 is 1.71 bits per heavy atom. The number of carbonyl (C=O) groups excluding carboxylic acids is 1. The van der Waals surface area contributed by atoms with Crippen molar-refractivity contribution in [3.8, 4) is 5.75 Å². The predicted octanol–water partition coefficient (Wildman–Crippen LogP) is 2.05. The Morgan fingerprint density at radius 3 is 2.07 bits per heavy atom. The second kappa shape index (κ2) is 8.26. The van der Waals surface area contributed by atoms with E-state index in [1.807, 2.05) is 24.3 Å².